The second kappa shape index (κ2) is 10.9. The van der Waals surface area contributed by atoms with E-state index in [0.29, 0.717) is 17.8 Å². The summed E-state index contributed by atoms with van der Waals surface area (Å²) in [5, 5.41) is 8.18. The topological polar surface area (TPSA) is 116 Å². The molecule has 1 atom stereocenters. The van der Waals surface area contributed by atoms with Crippen molar-refractivity contribution in [2.24, 2.45) is 0 Å². The number of amides is 3. The molecule has 0 unspecified atom stereocenters. The van der Waals surface area contributed by atoms with Gasteiger partial charge in [-0.1, -0.05) is 54.6 Å². The van der Waals surface area contributed by atoms with Crippen LogP contribution in [0.15, 0.2) is 85.2 Å². The van der Waals surface area contributed by atoms with Crippen LogP contribution in [-0.4, -0.2) is 34.2 Å². The smallest absolute Gasteiger partial charge is 0.246 e. The molecule has 4 N–H and O–H groups in total. The summed E-state index contributed by atoms with van der Waals surface area (Å²) in [6.45, 7) is 1.65. The maximum absolute atomic E-state index is 12.6. The molecule has 4 rings (SSSR count). The molecular formula is C27H25N5O3. The second-order valence-electron chi connectivity index (χ2n) is 7.98. The van der Waals surface area contributed by atoms with E-state index in [0.717, 1.165) is 28.1 Å². The number of H-pyrrole nitrogens is 1. The van der Waals surface area contributed by atoms with Gasteiger partial charge in [0.05, 0.1) is 24.1 Å². The van der Waals surface area contributed by atoms with Gasteiger partial charge in [0.2, 0.25) is 18.2 Å². The number of nitrogens with zero attached hydrogens (tertiary/aromatic N) is 1. The third-order valence-corrected chi connectivity index (χ3v) is 5.44. The molecule has 0 radical (unpaired) electrons. The van der Waals surface area contributed by atoms with Gasteiger partial charge in [-0.3, -0.25) is 14.4 Å². The van der Waals surface area contributed by atoms with Crippen LogP contribution in [0, 0.1) is 0 Å². The van der Waals surface area contributed by atoms with Crippen molar-refractivity contribution < 1.29 is 14.4 Å². The standard InChI is InChI=1S/C27H25N5O3/c1-18(31-24(34)15-19-5-3-2-4-6-19)27(35)32-23-13-9-21(10-14-23)26-25(28-16-29-26)20-7-11-22(12-8-20)30-17-33/h2-14,16-18H,15H2,1H3,(H,28,29)(H,30,33)(H,31,34)(H,32,35)/t18-/m0/s1. The Hall–Kier alpha value is -4.72. The second-order valence-corrected chi connectivity index (χ2v) is 7.98. The Bertz CT molecular complexity index is 1300. The summed E-state index contributed by atoms with van der Waals surface area (Å²) in [6.07, 6.45) is 2.47. The van der Waals surface area contributed by atoms with E-state index >= 15 is 0 Å². The minimum absolute atomic E-state index is 0.212. The van der Waals surface area contributed by atoms with Crippen molar-refractivity contribution in [1.82, 2.24) is 15.3 Å². The van der Waals surface area contributed by atoms with E-state index in [9.17, 15) is 14.4 Å². The zero-order valence-electron chi connectivity index (χ0n) is 19.1. The molecule has 176 valence electrons. The van der Waals surface area contributed by atoms with Gasteiger partial charge < -0.3 is 20.9 Å². The molecule has 0 aliphatic rings. The van der Waals surface area contributed by atoms with Crippen LogP contribution in [0.1, 0.15) is 12.5 Å². The molecule has 0 aliphatic carbocycles. The lowest BCUT2D eigenvalue weighted by atomic mass is 10.0. The van der Waals surface area contributed by atoms with Crippen molar-refractivity contribution in [1.29, 1.82) is 0 Å². The third kappa shape index (κ3) is 6.00. The first-order valence-electron chi connectivity index (χ1n) is 11.1. The number of imidazole rings is 1. The highest BCUT2D eigenvalue weighted by Gasteiger charge is 2.16. The molecule has 3 aromatic carbocycles. The molecular weight excluding hydrogens is 442 g/mol. The van der Waals surface area contributed by atoms with Crippen molar-refractivity contribution in [3.05, 3.63) is 90.8 Å². The molecule has 3 amide bonds. The van der Waals surface area contributed by atoms with E-state index in [2.05, 4.69) is 25.9 Å². The Morgan fingerprint density at radius 3 is 2.26 bits per heavy atom. The summed E-state index contributed by atoms with van der Waals surface area (Å²) >= 11 is 0. The number of hydrogen-bond acceptors (Lipinski definition) is 4. The van der Waals surface area contributed by atoms with Gasteiger partial charge in [0.1, 0.15) is 6.04 Å². The summed E-state index contributed by atoms with van der Waals surface area (Å²) < 4.78 is 0. The molecule has 1 heterocycles. The van der Waals surface area contributed by atoms with Crippen LogP contribution >= 0.6 is 0 Å². The Morgan fingerprint density at radius 2 is 1.57 bits per heavy atom. The Morgan fingerprint density at radius 1 is 0.914 bits per heavy atom. The van der Waals surface area contributed by atoms with Gasteiger partial charge in [0, 0.05) is 22.5 Å². The Balaban J connectivity index is 1.38. The molecule has 8 nitrogen and oxygen atoms in total. The lowest BCUT2D eigenvalue weighted by Gasteiger charge is -2.14. The minimum Gasteiger partial charge on any atom is -0.344 e. The van der Waals surface area contributed by atoms with E-state index in [1.54, 1.807) is 37.5 Å². The van der Waals surface area contributed by atoms with Gasteiger partial charge >= 0.3 is 0 Å². The number of hydrogen-bond donors (Lipinski definition) is 4. The first-order valence-corrected chi connectivity index (χ1v) is 11.1. The van der Waals surface area contributed by atoms with Gasteiger partial charge in [-0.25, -0.2) is 4.98 Å². The monoisotopic (exact) mass is 467 g/mol. The lowest BCUT2D eigenvalue weighted by molar-refractivity contribution is -0.125. The fourth-order valence-electron chi connectivity index (χ4n) is 3.64. The summed E-state index contributed by atoms with van der Waals surface area (Å²) in [6, 6.07) is 23.4. The van der Waals surface area contributed by atoms with Crippen molar-refractivity contribution in [2.75, 3.05) is 10.6 Å². The molecule has 0 bridgehead atoms. The highest BCUT2D eigenvalue weighted by atomic mass is 16.2. The maximum Gasteiger partial charge on any atom is 0.246 e. The number of carbonyl (C=O) groups excluding carboxylic acids is 3. The van der Waals surface area contributed by atoms with Crippen LogP contribution in [0.25, 0.3) is 22.5 Å². The van der Waals surface area contributed by atoms with E-state index in [1.165, 1.54) is 0 Å². The third-order valence-electron chi connectivity index (χ3n) is 5.44. The Kier molecular flexibility index (Phi) is 7.32. The highest BCUT2D eigenvalue weighted by Crippen LogP contribution is 2.30. The zero-order chi connectivity index (χ0) is 24.6. The molecule has 0 fully saturated rings. The van der Waals surface area contributed by atoms with Gasteiger partial charge in [-0.2, -0.15) is 0 Å². The van der Waals surface area contributed by atoms with E-state index in [1.807, 2.05) is 54.6 Å². The van der Waals surface area contributed by atoms with Gasteiger partial charge in [0.25, 0.3) is 0 Å². The molecule has 1 aromatic heterocycles. The number of rotatable bonds is 9. The maximum atomic E-state index is 12.6. The molecule has 4 aromatic rings. The van der Waals surface area contributed by atoms with Crippen LogP contribution in [0.2, 0.25) is 0 Å². The van der Waals surface area contributed by atoms with Gasteiger partial charge in [0.15, 0.2) is 0 Å². The fraction of sp³-hybridized carbons (Fsp3) is 0.111. The first kappa shape index (κ1) is 23.4. The predicted molar refractivity (Wildman–Crippen MR) is 136 cm³/mol. The largest absolute Gasteiger partial charge is 0.344 e. The van der Waals surface area contributed by atoms with Crippen molar-refractivity contribution in [3.8, 4) is 22.5 Å². The van der Waals surface area contributed by atoms with E-state index in [4.69, 9.17) is 0 Å². The summed E-state index contributed by atoms with van der Waals surface area (Å²) in [4.78, 5) is 43.0. The normalized spacial score (nSPS) is 11.3. The lowest BCUT2D eigenvalue weighted by Crippen LogP contribution is -2.42. The molecule has 0 saturated heterocycles. The van der Waals surface area contributed by atoms with Crippen molar-refractivity contribution in [2.45, 2.75) is 19.4 Å². The Labute approximate surface area is 202 Å². The summed E-state index contributed by atoms with van der Waals surface area (Å²) in [5.74, 6) is -0.513. The first-order chi connectivity index (χ1) is 17.0. The van der Waals surface area contributed by atoms with Crippen LogP contribution in [0.5, 0.6) is 0 Å². The number of benzene rings is 3. The number of carbonyl (C=O) groups is 3. The fourth-order valence-corrected chi connectivity index (χ4v) is 3.64. The zero-order valence-corrected chi connectivity index (χ0v) is 19.1. The van der Waals surface area contributed by atoms with Crippen LogP contribution < -0.4 is 16.0 Å². The predicted octanol–water partition coefficient (Wildman–Crippen LogP) is 4.00. The van der Waals surface area contributed by atoms with Gasteiger partial charge in [-0.15, -0.1) is 0 Å². The number of aromatic amines is 1. The number of anilines is 2. The van der Waals surface area contributed by atoms with Crippen molar-refractivity contribution >= 4 is 29.6 Å². The van der Waals surface area contributed by atoms with Crippen LogP contribution in [-0.2, 0) is 20.8 Å². The number of aromatic nitrogens is 2. The van der Waals surface area contributed by atoms with E-state index < -0.39 is 6.04 Å². The molecule has 0 aliphatic heterocycles. The van der Waals surface area contributed by atoms with Crippen molar-refractivity contribution in [3.63, 3.8) is 0 Å². The average Bonchev–Trinajstić information content (AvgIpc) is 3.36. The highest BCUT2D eigenvalue weighted by molar-refractivity contribution is 5.97. The minimum atomic E-state index is -0.679. The average molecular weight is 468 g/mol. The molecule has 8 heteroatoms. The molecule has 0 saturated carbocycles. The SMILES string of the molecule is C[C@H](NC(=O)Cc1ccccc1)C(=O)Nc1ccc(-c2[nH]cnc2-c2ccc(NC=O)cc2)cc1. The van der Waals surface area contributed by atoms with Crippen LogP contribution in [0.3, 0.4) is 0 Å². The van der Waals surface area contributed by atoms with Gasteiger partial charge in [-0.05, 0) is 36.8 Å². The van der Waals surface area contributed by atoms with E-state index in [-0.39, 0.29) is 18.2 Å². The molecule has 0 spiro atoms. The molecule has 35 heavy (non-hydrogen) atoms. The summed E-state index contributed by atoms with van der Waals surface area (Å²) in [7, 11) is 0. The quantitative estimate of drug-likeness (QED) is 0.279. The number of nitrogens with one attached hydrogen (secondary N) is 4. The van der Waals surface area contributed by atoms with Crippen LogP contribution in [0.4, 0.5) is 11.4 Å². The summed E-state index contributed by atoms with van der Waals surface area (Å²) in [5.41, 5.74) is 5.61.